The van der Waals surface area contributed by atoms with Gasteiger partial charge in [0.05, 0.1) is 12.2 Å². The second-order valence-corrected chi connectivity index (χ2v) is 7.68. The highest BCUT2D eigenvalue weighted by molar-refractivity contribution is 4.86. The van der Waals surface area contributed by atoms with Crippen molar-refractivity contribution in [3.63, 3.8) is 0 Å². The topological polar surface area (TPSA) is 9.23 Å². The standard InChI is InChI=1S/C15H32O/c1-10-15(8,9)12(13(2,3)4)11-16-14(5,6)7/h12H,10-11H2,1-9H3. The summed E-state index contributed by atoms with van der Waals surface area (Å²) >= 11 is 0. The van der Waals surface area contributed by atoms with Crippen molar-refractivity contribution in [3.05, 3.63) is 0 Å². The molecular formula is C15H32O. The summed E-state index contributed by atoms with van der Waals surface area (Å²) < 4.78 is 6.01. The Morgan fingerprint density at radius 1 is 0.875 bits per heavy atom. The summed E-state index contributed by atoms with van der Waals surface area (Å²) in [4.78, 5) is 0. The van der Waals surface area contributed by atoms with Crippen LogP contribution in [0.2, 0.25) is 0 Å². The van der Waals surface area contributed by atoms with Gasteiger partial charge in [0.15, 0.2) is 0 Å². The minimum atomic E-state index is -0.0344. The van der Waals surface area contributed by atoms with Crippen LogP contribution < -0.4 is 0 Å². The lowest BCUT2D eigenvalue weighted by Crippen LogP contribution is -2.39. The van der Waals surface area contributed by atoms with E-state index < -0.39 is 0 Å². The summed E-state index contributed by atoms with van der Waals surface area (Å²) in [5, 5.41) is 0. The van der Waals surface area contributed by atoms with Crippen LogP contribution in [0, 0.1) is 16.7 Å². The minimum Gasteiger partial charge on any atom is -0.376 e. The van der Waals surface area contributed by atoms with Gasteiger partial charge in [-0.2, -0.15) is 0 Å². The van der Waals surface area contributed by atoms with Crippen LogP contribution in [-0.4, -0.2) is 12.2 Å². The summed E-state index contributed by atoms with van der Waals surface area (Å²) in [7, 11) is 0. The number of hydrogen-bond acceptors (Lipinski definition) is 1. The molecule has 0 N–H and O–H groups in total. The zero-order valence-electron chi connectivity index (χ0n) is 12.9. The third-order valence-electron chi connectivity index (χ3n) is 3.58. The Morgan fingerprint density at radius 2 is 1.31 bits per heavy atom. The Morgan fingerprint density at radius 3 is 1.56 bits per heavy atom. The molecule has 0 saturated carbocycles. The first kappa shape index (κ1) is 16.0. The third kappa shape index (κ3) is 5.34. The highest BCUT2D eigenvalue weighted by Gasteiger charge is 2.37. The van der Waals surface area contributed by atoms with Gasteiger partial charge in [-0.3, -0.25) is 0 Å². The minimum absolute atomic E-state index is 0.0344. The Bertz CT molecular complexity index is 202. The lowest BCUT2D eigenvalue weighted by Gasteiger charge is -2.43. The molecule has 1 nitrogen and oxygen atoms in total. The van der Waals surface area contributed by atoms with Gasteiger partial charge in [-0.1, -0.05) is 48.0 Å². The maximum atomic E-state index is 6.01. The van der Waals surface area contributed by atoms with E-state index in [1.54, 1.807) is 0 Å². The van der Waals surface area contributed by atoms with Crippen LogP contribution in [-0.2, 0) is 4.74 Å². The van der Waals surface area contributed by atoms with Gasteiger partial charge in [-0.25, -0.2) is 0 Å². The molecule has 1 atom stereocenters. The van der Waals surface area contributed by atoms with Crippen LogP contribution in [0.15, 0.2) is 0 Å². The SMILES string of the molecule is CCC(C)(C)C(COC(C)(C)C)C(C)(C)C. The molecule has 98 valence electrons. The molecule has 0 aliphatic heterocycles. The van der Waals surface area contributed by atoms with Crippen molar-refractivity contribution < 1.29 is 4.74 Å². The average Bonchev–Trinajstić information content (AvgIpc) is 1.99. The summed E-state index contributed by atoms with van der Waals surface area (Å²) in [5.41, 5.74) is 0.599. The normalized spacial score (nSPS) is 16.3. The van der Waals surface area contributed by atoms with Gasteiger partial charge in [-0.05, 0) is 37.5 Å². The lowest BCUT2D eigenvalue weighted by molar-refractivity contribution is -0.0741. The predicted molar refractivity (Wildman–Crippen MR) is 72.7 cm³/mol. The molecular weight excluding hydrogens is 196 g/mol. The van der Waals surface area contributed by atoms with E-state index in [9.17, 15) is 0 Å². The molecule has 16 heavy (non-hydrogen) atoms. The van der Waals surface area contributed by atoms with Crippen molar-refractivity contribution in [2.24, 2.45) is 16.7 Å². The molecule has 0 aliphatic carbocycles. The fraction of sp³-hybridized carbons (Fsp3) is 1.00. The lowest BCUT2D eigenvalue weighted by atomic mass is 9.65. The van der Waals surface area contributed by atoms with Crippen molar-refractivity contribution in [1.82, 2.24) is 0 Å². The fourth-order valence-corrected chi connectivity index (χ4v) is 2.23. The molecule has 0 saturated heterocycles. The van der Waals surface area contributed by atoms with E-state index in [0.717, 1.165) is 6.61 Å². The monoisotopic (exact) mass is 228 g/mol. The molecule has 0 aliphatic rings. The van der Waals surface area contributed by atoms with Gasteiger partial charge < -0.3 is 4.74 Å². The molecule has 0 amide bonds. The van der Waals surface area contributed by atoms with E-state index >= 15 is 0 Å². The van der Waals surface area contributed by atoms with Crippen molar-refractivity contribution in [2.75, 3.05) is 6.61 Å². The van der Waals surface area contributed by atoms with E-state index in [1.165, 1.54) is 6.42 Å². The Hall–Kier alpha value is -0.0400. The second kappa shape index (κ2) is 5.08. The van der Waals surface area contributed by atoms with Gasteiger partial charge in [0.1, 0.15) is 0 Å². The number of ether oxygens (including phenoxy) is 1. The highest BCUT2D eigenvalue weighted by atomic mass is 16.5. The van der Waals surface area contributed by atoms with Gasteiger partial charge in [0.2, 0.25) is 0 Å². The largest absolute Gasteiger partial charge is 0.376 e. The first-order chi connectivity index (χ1) is 6.90. The summed E-state index contributed by atoms with van der Waals surface area (Å²) in [6.07, 6.45) is 1.20. The second-order valence-electron chi connectivity index (χ2n) is 7.68. The zero-order chi connectivity index (χ0) is 13.2. The molecule has 0 bridgehead atoms. The van der Waals surface area contributed by atoms with Crippen LogP contribution in [0.3, 0.4) is 0 Å². The zero-order valence-corrected chi connectivity index (χ0v) is 12.9. The van der Waals surface area contributed by atoms with E-state index in [4.69, 9.17) is 4.74 Å². The molecule has 0 rings (SSSR count). The van der Waals surface area contributed by atoms with Crippen LogP contribution >= 0.6 is 0 Å². The quantitative estimate of drug-likeness (QED) is 0.665. The van der Waals surface area contributed by atoms with Crippen molar-refractivity contribution in [2.45, 2.75) is 74.3 Å². The van der Waals surface area contributed by atoms with Gasteiger partial charge >= 0.3 is 0 Å². The molecule has 0 radical (unpaired) electrons. The summed E-state index contributed by atoms with van der Waals surface area (Å²) in [6, 6.07) is 0. The number of rotatable bonds is 4. The third-order valence-corrected chi connectivity index (χ3v) is 3.58. The molecule has 0 fully saturated rings. The molecule has 1 heteroatoms. The Labute approximate surface area is 103 Å². The molecule has 0 aromatic rings. The maximum Gasteiger partial charge on any atom is 0.0598 e. The first-order valence-electron chi connectivity index (χ1n) is 6.54. The van der Waals surface area contributed by atoms with E-state index in [2.05, 4.69) is 62.3 Å². The Kier molecular flexibility index (Phi) is 5.07. The maximum absolute atomic E-state index is 6.01. The Balaban J connectivity index is 4.72. The summed E-state index contributed by atoms with van der Waals surface area (Å²) in [6.45, 7) is 21.2. The van der Waals surface area contributed by atoms with E-state index in [0.29, 0.717) is 16.7 Å². The van der Waals surface area contributed by atoms with Gasteiger partial charge in [-0.15, -0.1) is 0 Å². The van der Waals surface area contributed by atoms with Crippen LogP contribution in [0.5, 0.6) is 0 Å². The van der Waals surface area contributed by atoms with Gasteiger partial charge in [0, 0.05) is 0 Å². The molecule has 1 unspecified atom stereocenters. The first-order valence-corrected chi connectivity index (χ1v) is 6.54. The van der Waals surface area contributed by atoms with E-state index in [-0.39, 0.29) is 5.60 Å². The van der Waals surface area contributed by atoms with Gasteiger partial charge in [0.25, 0.3) is 0 Å². The predicted octanol–water partition coefficient (Wildman–Crippen LogP) is 4.90. The fourth-order valence-electron chi connectivity index (χ4n) is 2.23. The number of hydrogen-bond donors (Lipinski definition) is 0. The molecule has 0 spiro atoms. The van der Waals surface area contributed by atoms with Crippen molar-refractivity contribution >= 4 is 0 Å². The van der Waals surface area contributed by atoms with Crippen molar-refractivity contribution in [3.8, 4) is 0 Å². The van der Waals surface area contributed by atoms with Crippen molar-refractivity contribution in [1.29, 1.82) is 0 Å². The molecule has 0 aromatic heterocycles. The molecule has 0 heterocycles. The smallest absolute Gasteiger partial charge is 0.0598 e. The highest BCUT2D eigenvalue weighted by Crippen LogP contribution is 2.42. The van der Waals surface area contributed by atoms with Crippen LogP contribution in [0.4, 0.5) is 0 Å². The molecule has 0 aromatic carbocycles. The van der Waals surface area contributed by atoms with Crippen LogP contribution in [0.1, 0.15) is 68.7 Å². The van der Waals surface area contributed by atoms with Crippen LogP contribution in [0.25, 0.3) is 0 Å². The summed E-state index contributed by atoms with van der Waals surface area (Å²) in [5.74, 6) is 0.587. The van der Waals surface area contributed by atoms with E-state index in [1.807, 2.05) is 0 Å². The average molecular weight is 228 g/mol.